The molecule has 1 amide bonds. The van der Waals surface area contributed by atoms with Gasteiger partial charge in [0.15, 0.2) is 0 Å². The van der Waals surface area contributed by atoms with Gasteiger partial charge in [-0.2, -0.15) is 5.10 Å². The van der Waals surface area contributed by atoms with Gasteiger partial charge in [-0.1, -0.05) is 48.5 Å². The monoisotopic (exact) mass is 413 g/mol. The summed E-state index contributed by atoms with van der Waals surface area (Å²) in [6.07, 6.45) is 0.669. The molecule has 0 unspecified atom stereocenters. The largest absolute Gasteiger partial charge is 0.497 e. The van der Waals surface area contributed by atoms with E-state index in [9.17, 15) is 9.59 Å². The normalized spacial score (nSPS) is 10.7. The molecule has 4 aromatic rings. The average Bonchev–Trinajstić information content (AvgIpc) is 2.80. The van der Waals surface area contributed by atoms with Crippen molar-refractivity contribution in [2.45, 2.75) is 13.0 Å². The predicted octanol–water partition coefficient (Wildman–Crippen LogP) is 3.43. The number of amides is 1. The van der Waals surface area contributed by atoms with Gasteiger partial charge in [-0.3, -0.25) is 9.59 Å². The van der Waals surface area contributed by atoms with Crippen molar-refractivity contribution in [1.82, 2.24) is 15.1 Å². The number of fused-ring (bicyclic) bond motifs is 1. The number of ether oxygens (including phenoxy) is 1. The van der Waals surface area contributed by atoms with Crippen molar-refractivity contribution in [3.8, 4) is 17.0 Å². The first-order valence-corrected chi connectivity index (χ1v) is 10.1. The second-order valence-electron chi connectivity index (χ2n) is 7.23. The fraction of sp³-hybridized carbons (Fsp3) is 0.160. The number of benzene rings is 3. The summed E-state index contributed by atoms with van der Waals surface area (Å²) in [4.78, 5) is 24.6. The van der Waals surface area contributed by atoms with E-state index in [1.807, 2.05) is 66.7 Å². The predicted molar refractivity (Wildman–Crippen MR) is 121 cm³/mol. The van der Waals surface area contributed by atoms with Crippen LogP contribution >= 0.6 is 0 Å². The molecule has 6 heteroatoms. The summed E-state index contributed by atoms with van der Waals surface area (Å²) >= 11 is 0. The summed E-state index contributed by atoms with van der Waals surface area (Å²) in [6, 6.07) is 24.9. The Labute approximate surface area is 180 Å². The Morgan fingerprint density at radius 1 is 0.968 bits per heavy atom. The molecule has 3 aromatic carbocycles. The van der Waals surface area contributed by atoms with Gasteiger partial charge in [0, 0.05) is 18.2 Å². The van der Waals surface area contributed by atoms with Crippen LogP contribution in [0.25, 0.3) is 22.0 Å². The molecule has 0 fully saturated rings. The zero-order valence-corrected chi connectivity index (χ0v) is 17.2. The van der Waals surface area contributed by atoms with Crippen molar-refractivity contribution < 1.29 is 9.53 Å². The van der Waals surface area contributed by atoms with E-state index in [4.69, 9.17) is 4.74 Å². The van der Waals surface area contributed by atoms with Crippen molar-refractivity contribution in [2.24, 2.45) is 0 Å². The lowest BCUT2D eigenvalue weighted by Gasteiger charge is -2.09. The maximum absolute atomic E-state index is 12.4. The lowest BCUT2D eigenvalue weighted by Crippen LogP contribution is -2.34. The Bertz CT molecular complexity index is 1280. The minimum atomic E-state index is -0.313. The molecular weight excluding hydrogens is 390 g/mol. The van der Waals surface area contributed by atoms with Crippen LogP contribution in [0.3, 0.4) is 0 Å². The molecule has 156 valence electrons. The van der Waals surface area contributed by atoms with Crippen molar-refractivity contribution in [3.63, 3.8) is 0 Å². The van der Waals surface area contributed by atoms with Gasteiger partial charge < -0.3 is 10.1 Å². The van der Waals surface area contributed by atoms with Gasteiger partial charge in [0.25, 0.3) is 5.56 Å². The Hall–Kier alpha value is -3.93. The van der Waals surface area contributed by atoms with Crippen molar-refractivity contribution in [1.29, 1.82) is 0 Å². The molecule has 0 aliphatic carbocycles. The van der Waals surface area contributed by atoms with Crippen LogP contribution in [0.15, 0.2) is 83.7 Å². The fourth-order valence-corrected chi connectivity index (χ4v) is 3.43. The molecule has 0 aliphatic heterocycles. The SMILES string of the molecule is COc1cccc(CCNC(=O)Cn2nc(-c3ccc4ccccc4c3)ccc2=O)c1. The molecule has 0 radical (unpaired) electrons. The number of hydrogen-bond acceptors (Lipinski definition) is 4. The van der Waals surface area contributed by atoms with E-state index in [0.717, 1.165) is 27.6 Å². The second-order valence-corrected chi connectivity index (χ2v) is 7.23. The maximum Gasteiger partial charge on any atom is 0.267 e. The third-order valence-electron chi connectivity index (χ3n) is 5.08. The highest BCUT2D eigenvalue weighted by Gasteiger charge is 2.09. The van der Waals surface area contributed by atoms with Gasteiger partial charge >= 0.3 is 0 Å². The van der Waals surface area contributed by atoms with Crippen LogP contribution in [0.1, 0.15) is 5.56 Å². The molecule has 1 aromatic heterocycles. The summed E-state index contributed by atoms with van der Waals surface area (Å²) in [6.45, 7) is 0.337. The first kappa shape index (κ1) is 20.3. The van der Waals surface area contributed by atoms with Gasteiger partial charge in [-0.05, 0) is 47.0 Å². The lowest BCUT2D eigenvalue weighted by molar-refractivity contribution is -0.121. The summed E-state index contributed by atoms with van der Waals surface area (Å²) in [7, 11) is 1.62. The first-order chi connectivity index (χ1) is 15.1. The Morgan fingerprint density at radius 2 is 1.81 bits per heavy atom. The molecule has 0 bridgehead atoms. The van der Waals surface area contributed by atoms with E-state index >= 15 is 0 Å². The Morgan fingerprint density at radius 3 is 2.65 bits per heavy atom. The quantitative estimate of drug-likeness (QED) is 0.504. The summed E-state index contributed by atoms with van der Waals surface area (Å²) in [5.41, 5.74) is 2.29. The van der Waals surface area contributed by atoms with Crippen molar-refractivity contribution in [2.75, 3.05) is 13.7 Å². The number of carbonyl (C=O) groups is 1. The highest BCUT2D eigenvalue weighted by molar-refractivity contribution is 5.86. The highest BCUT2D eigenvalue weighted by Crippen LogP contribution is 2.22. The van der Waals surface area contributed by atoms with Crippen molar-refractivity contribution >= 4 is 16.7 Å². The molecule has 6 nitrogen and oxygen atoms in total. The number of rotatable bonds is 7. The molecular formula is C25H23N3O3. The van der Waals surface area contributed by atoms with Gasteiger partial charge in [-0.15, -0.1) is 0 Å². The number of hydrogen-bond donors (Lipinski definition) is 1. The number of nitrogens with zero attached hydrogens (tertiary/aromatic N) is 2. The zero-order chi connectivity index (χ0) is 21.6. The van der Waals surface area contributed by atoms with E-state index in [-0.39, 0.29) is 18.0 Å². The van der Waals surface area contributed by atoms with Gasteiger partial charge in [0.05, 0.1) is 12.8 Å². The van der Waals surface area contributed by atoms with Gasteiger partial charge in [-0.25, -0.2) is 4.68 Å². The van der Waals surface area contributed by atoms with Crippen LogP contribution in [0.5, 0.6) is 5.75 Å². The minimum absolute atomic E-state index is 0.127. The van der Waals surface area contributed by atoms with E-state index < -0.39 is 0 Å². The Balaban J connectivity index is 1.43. The maximum atomic E-state index is 12.4. The topological polar surface area (TPSA) is 73.2 Å². The summed E-state index contributed by atoms with van der Waals surface area (Å²) in [5.74, 6) is 0.526. The van der Waals surface area contributed by atoms with Crippen LogP contribution in [0.2, 0.25) is 0 Å². The molecule has 0 saturated carbocycles. The van der Waals surface area contributed by atoms with Crippen LogP contribution in [-0.4, -0.2) is 29.3 Å². The van der Waals surface area contributed by atoms with E-state index in [1.165, 1.54) is 10.7 Å². The average molecular weight is 413 g/mol. The van der Waals surface area contributed by atoms with Gasteiger partial charge in [0.2, 0.25) is 5.91 Å². The molecule has 31 heavy (non-hydrogen) atoms. The minimum Gasteiger partial charge on any atom is -0.497 e. The smallest absolute Gasteiger partial charge is 0.267 e. The van der Waals surface area contributed by atoms with E-state index in [0.29, 0.717) is 18.7 Å². The van der Waals surface area contributed by atoms with Crippen LogP contribution < -0.4 is 15.6 Å². The lowest BCUT2D eigenvalue weighted by atomic mass is 10.1. The standard InChI is InChI=1S/C25H23N3O3/c1-31-22-8-4-5-18(15-22)13-14-26-24(29)17-28-25(30)12-11-23(27-28)21-10-9-19-6-2-3-7-20(19)16-21/h2-12,15-16H,13-14,17H2,1H3,(H,26,29). The zero-order valence-electron chi connectivity index (χ0n) is 17.2. The summed E-state index contributed by atoms with van der Waals surface area (Å²) in [5, 5.41) is 9.48. The molecule has 0 atom stereocenters. The molecule has 1 N–H and O–H groups in total. The van der Waals surface area contributed by atoms with E-state index in [1.54, 1.807) is 13.2 Å². The van der Waals surface area contributed by atoms with Gasteiger partial charge in [0.1, 0.15) is 12.3 Å². The summed E-state index contributed by atoms with van der Waals surface area (Å²) < 4.78 is 6.41. The molecule has 0 saturated heterocycles. The second kappa shape index (κ2) is 9.26. The third kappa shape index (κ3) is 4.98. The highest BCUT2D eigenvalue weighted by atomic mass is 16.5. The Kier molecular flexibility index (Phi) is 6.08. The fourth-order valence-electron chi connectivity index (χ4n) is 3.43. The number of aromatic nitrogens is 2. The number of nitrogens with one attached hydrogen (secondary N) is 1. The third-order valence-corrected chi connectivity index (χ3v) is 5.08. The van der Waals surface area contributed by atoms with Crippen molar-refractivity contribution in [3.05, 3.63) is 94.8 Å². The van der Waals surface area contributed by atoms with Crippen LogP contribution in [0.4, 0.5) is 0 Å². The number of carbonyl (C=O) groups excluding carboxylic acids is 1. The first-order valence-electron chi connectivity index (χ1n) is 10.1. The van der Waals surface area contributed by atoms with Crippen LogP contribution in [-0.2, 0) is 17.8 Å². The van der Waals surface area contributed by atoms with E-state index in [2.05, 4.69) is 10.4 Å². The molecule has 0 aliphatic rings. The van der Waals surface area contributed by atoms with Crippen LogP contribution in [0, 0.1) is 0 Å². The number of methoxy groups -OCH3 is 1. The molecule has 1 heterocycles. The molecule has 0 spiro atoms. The molecule has 4 rings (SSSR count).